The molecule has 3 rings (SSSR count). The molecule has 1 aromatic heterocycles. The summed E-state index contributed by atoms with van der Waals surface area (Å²) in [6.45, 7) is 4.99. The second-order valence-corrected chi connectivity index (χ2v) is 6.14. The number of ether oxygens (including phenoxy) is 1. The van der Waals surface area contributed by atoms with Crippen LogP contribution in [0.4, 0.5) is 17.2 Å². The first kappa shape index (κ1) is 18.5. The molecular weight excluding hydrogens is 338 g/mol. The van der Waals surface area contributed by atoms with E-state index in [2.05, 4.69) is 47.2 Å². The number of carbonyl (C=O) groups is 1. The zero-order valence-corrected chi connectivity index (χ0v) is 15.8. The van der Waals surface area contributed by atoms with Gasteiger partial charge in [-0.15, -0.1) is 0 Å². The largest absolute Gasteiger partial charge is 0.496 e. The molecule has 0 fully saturated rings. The van der Waals surface area contributed by atoms with Crippen molar-refractivity contribution in [2.45, 2.75) is 13.8 Å². The summed E-state index contributed by atoms with van der Waals surface area (Å²) >= 11 is 0. The lowest BCUT2D eigenvalue weighted by atomic mass is 10.2. The van der Waals surface area contributed by atoms with Gasteiger partial charge in [-0.1, -0.05) is 24.3 Å². The Hall–Kier alpha value is -3.34. The predicted molar refractivity (Wildman–Crippen MR) is 109 cm³/mol. The summed E-state index contributed by atoms with van der Waals surface area (Å²) in [5, 5.41) is 2.82. The van der Waals surface area contributed by atoms with Crippen molar-refractivity contribution in [3.05, 3.63) is 78.0 Å². The number of aromatic nitrogens is 1. The minimum absolute atomic E-state index is 0.251. The van der Waals surface area contributed by atoms with Gasteiger partial charge in [-0.25, -0.2) is 4.98 Å². The lowest BCUT2D eigenvalue weighted by molar-refractivity contribution is 0.102. The quantitative estimate of drug-likeness (QED) is 0.685. The van der Waals surface area contributed by atoms with E-state index in [9.17, 15) is 4.79 Å². The first-order valence-corrected chi connectivity index (χ1v) is 8.87. The van der Waals surface area contributed by atoms with Crippen molar-refractivity contribution < 1.29 is 9.53 Å². The second-order valence-electron chi connectivity index (χ2n) is 6.14. The van der Waals surface area contributed by atoms with E-state index in [0.717, 1.165) is 17.9 Å². The van der Waals surface area contributed by atoms with Crippen LogP contribution >= 0.6 is 0 Å². The molecule has 5 nitrogen and oxygen atoms in total. The number of carbonyl (C=O) groups excluding carboxylic acids is 1. The normalized spacial score (nSPS) is 10.3. The molecule has 1 heterocycles. The molecule has 0 bridgehead atoms. The van der Waals surface area contributed by atoms with Crippen molar-refractivity contribution in [1.82, 2.24) is 4.98 Å². The van der Waals surface area contributed by atoms with Crippen molar-refractivity contribution in [3.63, 3.8) is 0 Å². The van der Waals surface area contributed by atoms with Gasteiger partial charge in [-0.05, 0) is 55.8 Å². The molecule has 0 aliphatic carbocycles. The van der Waals surface area contributed by atoms with E-state index in [0.29, 0.717) is 17.1 Å². The highest BCUT2D eigenvalue weighted by molar-refractivity contribution is 6.05. The number of nitrogens with one attached hydrogen (secondary N) is 1. The molecule has 3 aromatic rings. The first-order valence-electron chi connectivity index (χ1n) is 8.87. The zero-order valence-electron chi connectivity index (χ0n) is 15.8. The number of pyridine rings is 1. The molecule has 0 atom stereocenters. The van der Waals surface area contributed by atoms with Gasteiger partial charge in [-0.2, -0.15) is 0 Å². The lowest BCUT2D eigenvalue weighted by Gasteiger charge is -2.23. The first-order chi connectivity index (χ1) is 13.1. The van der Waals surface area contributed by atoms with Crippen molar-refractivity contribution in [1.29, 1.82) is 0 Å². The number of hydrogen-bond donors (Lipinski definition) is 1. The maximum absolute atomic E-state index is 12.5. The standard InChI is InChI=1S/C22H23N3O2/c1-4-25(17-9-7-8-16(2)14-17)18-12-13-21(23-15-18)24-22(26)19-10-5-6-11-20(19)27-3/h5-15H,4H2,1-3H3,(H,23,24,26). The fourth-order valence-corrected chi connectivity index (χ4v) is 2.95. The van der Waals surface area contributed by atoms with Gasteiger partial charge < -0.3 is 15.0 Å². The summed E-state index contributed by atoms with van der Waals surface area (Å²) in [6.07, 6.45) is 1.77. The Morgan fingerprint density at radius 3 is 2.56 bits per heavy atom. The van der Waals surface area contributed by atoms with Gasteiger partial charge in [0.2, 0.25) is 0 Å². The van der Waals surface area contributed by atoms with E-state index in [4.69, 9.17) is 4.74 Å². The molecule has 1 N–H and O–H groups in total. The summed E-state index contributed by atoms with van der Waals surface area (Å²) in [6, 6.07) is 19.2. The summed E-state index contributed by atoms with van der Waals surface area (Å²) in [4.78, 5) is 19.1. The third-order valence-electron chi connectivity index (χ3n) is 4.28. The predicted octanol–water partition coefficient (Wildman–Crippen LogP) is 4.81. The van der Waals surface area contributed by atoms with Crippen LogP contribution in [0.25, 0.3) is 0 Å². The number of methoxy groups -OCH3 is 1. The number of hydrogen-bond acceptors (Lipinski definition) is 4. The highest BCUT2D eigenvalue weighted by Gasteiger charge is 2.13. The van der Waals surface area contributed by atoms with Gasteiger partial charge in [0.15, 0.2) is 0 Å². The van der Waals surface area contributed by atoms with Crippen LogP contribution in [0.2, 0.25) is 0 Å². The van der Waals surface area contributed by atoms with Crippen molar-refractivity contribution in [3.8, 4) is 5.75 Å². The van der Waals surface area contributed by atoms with Crippen molar-refractivity contribution >= 4 is 23.1 Å². The van der Waals surface area contributed by atoms with Gasteiger partial charge in [0, 0.05) is 12.2 Å². The van der Waals surface area contributed by atoms with Gasteiger partial charge in [0.05, 0.1) is 24.6 Å². The van der Waals surface area contributed by atoms with E-state index >= 15 is 0 Å². The summed E-state index contributed by atoms with van der Waals surface area (Å²) in [5.74, 6) is 0.775. The van der Waals surface area contributed by atoms with Crippen molar-refractivity contribution in [2.75, 3.05) is 23.9 Å². The Labute approximate surface area is 159 Å². The monoisotopic (exact) mass is 361 g/mol. The second kappa shape index (κ2) is 8.36. The van der Waals surface area contributed by atoms with E-state index in [-0.39, 0.29) is 5.91 Å². The van der Waals surface area contributed by atoms with Crippen LogP contribution in [0.1, 0.15) is 22.8 Å². The van der Waals surface area contributed by atoms with Crippen LogP contribution in [-0.2, 0) is 0 Å². The summed E-state index contributed by atoms with van der Waals surface area (Å²) in [7, 11) is 1.55. The van der Waals surface area contributed by atoms with Gasteiger partial charge in [-0.3, -0.25) is 4.79 Å². The van der Waals surface area contributed by atoms with E-state index in [1.165, 1.54) is 5.56 Å². The lowest BCUT2D eigenvalue weighted by Crippen LogP contribution is -2.17. The van der Waals surface area contributed by atoms with Gasteiger partial charge in [0.1, 0.15) is 11.6 Å². The van der Waals surface area contributed by atoms with Crippen LogP contribution in [0.3, 0.4) is 0 Å². The fraction of sp³-hybridized carbons (Fsp3) is 0.182. The molecule has 138 valence electrons. The van der Waals surface area contributed by atoms with Crippen LogP contribution in [-0.4, -0.2) is 24.5 Å². The molecular formula is C22H23N3O2. The molecule has 0 aliphatic heterocycles. The maximum Gasteiger partial charge on any atom is 0.260 e. The number of benzene rings is 2. The Balaban J connectivity index is 1.77. The molecule has 0 saturated heterocycles. The highest BCUT2D eigenvalue weighted by atomic mass is 16.5. The Morgan fingerprint density at radius 1 is 1.07 bits per heavy atom. The molecule has 1 amide bonds. The molecule has 0 spiro atoms. The van der Waals surface area contributed by atoms with E-state index in [1.807, 2.05) is 18.2 Å². The van der Waals surface area contributed by atoms with Crippen LogP contribution < -0.4 is 15.0 Å². The molecule has 0 saturated carbocycles. The third kappa shape index (κ3) is 4.26. The van der Waals surface area contributed by atoms with Crippen LogP contribution in [0, 0.1) is 6.92 Å². The molecule has 27 heavy (non-hydrogen) atoms. The SMILES string of the molecule is CCN(c1ccc(NC(=O)c2ccccc2OC)nc1)c1cccc(C)c1. The Kier molecular flexibility index (Phi) is 5.71. The van der Waals surface area contributed by atoms with E-state index < -0.39 is 0 Å². The molecule has 5 heteroatoms. The van der Waals surface area contributed by atoms with Gasteiger partial charge >= 0.3 is 0 Å². The average Bonchev–Trinajstić information content (AvgIpc) is 2.70. The molecule has 0 unspecified atom stereocenters. The number of rotatable bonds is 6. The number of para-hydroxylation sites is 1. The molecule has 0 radical (unpaired) electrons. The minimum Gasteiger partial charge on any atom is -0.496 e. The zero-order chi connectivity index (χ0) is 19.2. The van der Waals surface area contributed by atoms with Crippen molar-refractivity contribution in [2.24, 2.45) is 0 Å². The fourth-order valence-electron chi connectivity index (χ4n) is 2.95. The Bertz CT molecular complexity index is 923. The Morgan fingerprint density at radius 2 is 1.89 bits per heavy atom. The highest BCUT2D eigenvalue weighted by Crippen LogP contribution is 2.26. The average molecular weight is 361 g/mol. The number of nitrogens with zero attached hydrogens (tertiary/aromatic N) is 2. The summed E-state index contributed by atoms with van der Waals surface area (Å²) < 4.78 is 5.24. The third-order valence-corrected chi connectivity index (χ3v) is 4.28. The number of anilines is 3. The number of amides is 1. The van der Waals surface area contributed by atoms with Crippen LogP contribution in [0.5, 0.6) is 5.75 Å². The van der Waals surface area contributed by atoms with E-state index in [1.54, 1.807) is 37.6 Å². The van der Waals surface area contributed by atoms with Gasteiger partial charge in [0.25, 0.3) is 5.91 Å². The smallest absolute Gasteiger partial charge is 0.260 e. The number of aryl methyl sites for hydroxylation is 1. The summed E-state index contributed by atoms with van der Waals surface area (Å²) in [5.41, 5.74) is 3.77. The molecule has 0 aliphatic rings. The van der Waals surface area contributed by atoms with Crippen LogP contribution in [0.15, 0.2) is 66.9 Å². The molecule has 2 aromatic carbocycles. The topological polar surface area (TPSA) is 54.5 Å². The minimum atomic E-state index is -0.251. The maximum atomic E-state index is 12.5.